The van der Waals surface area contributed by atoms with E-state index in [4.69, 9.17) is 4.98 Å². The van der Waals surface area contributed by atoms with Crippen LogP contribution in [0.1, 0.15) is 35.4 Å². The van der Waals surface area contributed by atoms with E-state index in [0.29, 0.717) is 28.7 Å². The zero-order valence-electron chi connectivity index (χ0n) is 22.7. The van der Waals surface area contributed by atoms with Crippen LogP contribution in [0.15, 0.2) is 48.9 Å². The second kappa shape index (κ2) is 10.5. The molecule has 39 heavy (non-hydrogen) atoms. The lowest BCUT2D eigenvalue weighted by atomic mass is 10.1. The summed E-state index contributed by atoms with van der Waals surface area (Å²) in [7, 11) is 3.61. The van der Waals surface area contributed by atoms with E-state index < -0.39 is 6.04 Å². The first-order chi connectivity index (χ1) is 18.7. The minimum absolute atomic E-state index is 0.201. The van der Waals surface area contributed by atoms with Crippen molar-refractivity contribution in [1.82, 2.24) is 39.6 Å². The van der Waals surface area contributed by atoms with Crippen molar-refractivity contribution in [3.05, 3.63) is 77.4 Å². The van der Waals surface area contributed by atoms with E-state index in [-0.39, 0.29) is 5.91 Å². The van der Waals surface area contributed by atoms with Gasteiger partial charge < -0.3 is 15.2 Å². The number of likely N-dealkylation sites (N-methyl/N-ethyl adjacent to an activating group) is 1. The van der Waals surface area contributed by atoms with Gasteiger partial charge in [0.25, 0.3) is 0 Å². The molecule has 0 radical (unpaired) electrons. The number of aryl methyl sites for hydroxylation is 4. The molecule has 0 aliphatic rings. The molecule has 0 fully saturated rings. The Balaban J connectivity index is 1.57. The smallest absolute Gasteiger partial charge is 0.242 e. The Kier molecular flexibility index (Phi) is 6.92. The van der Waals surface area contributed by atoms with Crippen LogP contribution in [0.25, 0.3) is 28.0 Å². The predicted octanol–water partition coefficient (Wildman–Crippen LogP) is 3.48. The summed E-state index contributed by atoms with van der Waals surface area (Å²) in [4.78, 5) is 30.8. The molecule has 0 aliphatic heterocycles. The number of pyridine rings is 1. The van der Waals surface area contributed by atoms with Gasteiger partial charge in [-0.15, -0.1) is 0 Å². The second-order valence-corrected chi connectivity index (χ2v) is 9.37. The number of rotatable bonds is 5. The average Bonchev–Trinajstić information content (AvgIpc) is 3.48. The average molecular weight is 520 g/mol. The second-order valence-electron chi connectivity index (χ2n) is 9.37. The molecule has 10 heteroatoms. The number of aromatic nitrogens is 7. The molecule has 0 bridgehead atoms. The quantitative estimate of drug-likeness (QED) is 0.342. The highest BCUT2D eigenvalue weighted by atomic mass is 16.2. The Labute approximate surface area is 226 Å². The number of amides is 1. The van der Waals surface area contributed by atoms with Crippen LogP contribution in [0, 0.1) is 32.6 Å². The number of nitrogens with zero attached hydrogens (tertiary/aromatic N) is 7. The Hall–Kier alpha value is -4.88. The molecule has 1 atom stereocenters. The Morgan fingerprint density at radius 1 is 1.03 bits per heavy atom. The Morgan fingerprint density at radius 2 is 1.79 bits per heavy atom. The van der Waals surface area contributed by atoms with Crippen molar-refractivity contribution in [2.24, 2.45) is 7.05 Å². The number of benzene rings is 1. The van der Waals surface area contributed by atoms with Crippen molar-refractivity contribution >= 4 is 22.8 Å². The molecule has 196 valence electrons. The fraction of sp³-hybridized carbons (Fsp3) is 0.241. The molecule has 5 rings (SSSR count). The van der Waals surface area contributed by atoms with Crippen LogP contribution in [0.2, 0.25) is 0 Å². The summed E-state index contributed by atoms with van der Waals surface area (Å²) < 4.78 is 3.75. The van der Waals surface area contributed by atoms with E-state index in [2.05, 4.69) is 42.5 Å². The number of nitrogens with one attached hydrogen (secondary N) is 2. The number of imidazole rings is 1. The molecular weight excluding hydrogens is 490 g/mol. The molecule has 1 amide bonds. The third kappa shape index (κ3) is 5.39. The molecule has 4 aromatic heterocycles. The van der Waals surface area contributed by atoms with Gasteiger partial charge in [-0.3, -0.25) is 9.48 Å². The summed E-state index contributed by atoms with van der Waals surface area (Å²) in [6, 6.07) is 11.2. The molecule has 2 N–H and O–H groups in total. The number of anilines is 1. The molecule has 1 aromatic carbocycles. The molecule has 5 aromatic rings. The van der Waals surface area contributed by atoms with Gasteiger partial charge in [-0.1, -0.05) is 5.92 Å². The van der Waals surface area contributed by atoms with Gasteiger partial charge in [0.15, 0.2) is 5.65 Å². The van der Waals surface area contributed by atoms with Gasteiger partial charge in [-0.05, 0) is 77.1 Å². The van der Waals surface area contributed by atoms with E-state index in [0.717, 1.165) is 33.6 Å². The van der Waals surface area contributed by atoms with Crippen molar-refractivity contribution in [2.75, 3.05) is 12.4 Å². The van der Waals surface area contributed by atoms with Gasteiger partial charge in [0.05, 0.1) is 29.1 Å². The largest absolute Gasteiger partial charge is 0.309 e. The normalized spacial score (nSPS) is 11.7. The van der Waals surface area contributed by atoms with Crippen LogP contribution in [0.5, 0.6) is 0 Å². The zero-order valence-corrected chi connectivity index (χ0v) is 22.7. The highest BCUT2D eigenvalue weighted by molar-refractivity contribution is 5.96. The summed E-state index contributed by atoms with van der Waals surface area (Å²) in [6.07, 6.45) is 3.75. The number of fused-ring (bicyclic) bond motifs is 1. The minimum atomic E-state index is -0.392. The first kappa shape index (κ1) is 25.8. The Bertz CT molecular complexity index is 1750. The molecule has 4 heterocycles. The number of hydrogen-bond acceptors (Lipinski definition) is 7. The lowest BCUT2D eigenvalue weighted by molar-refractivity contribution is -0.117. The third-order valence-corrected chi connectivity index (χ3v) is 6.48. The summed E-state index contributed by atoms with van der Waals surface area (Å²) in [5.74, 6) is 7.14. The lowest BCUT2D eigenvalue weighted by Crippen LogP contribution is -2.35. The van der Waals surface area contributed by atoms with Crippen LogP contribution >= 0.6 is 0 Å². The molecule has 0 saturated carbocycles. The van der Waals surface area contributed by atoms with Gasteiger partial charge in [-0.25, -0.2) is 19.9 Å². The van der Waals surface area contributed by atoms with Crippen molar-refractivity contribution in [2.45, 2.75) is 33.7 Å². The number of carbonyl (C=O) groups excluding carboxylic acids is 1. The number of hydrogen-bond donors (Lipinski definition) is 2. The molecule has 0 saturated heterocycles. The van der Waals surface area contributed by atoms with Crippen LogP contribution in [-0.2, 0) is 11.8 Å². The van der Waals surface area contributed by atoms with Gasteiger partial charge in [0.2, 0.25) is 5.91 Å². The summed E-state index contributed by atoms with van der Waals surface area (Å²) in [5.41, 5.74) is 6.32. The fourth-order valence-corrected chi connectivity index (χ4v) is 4.13. The van der Waals surface area contributed by atoms with E-state index in [1.54, 1.807) is 31.0 Å². The van der Waals surface area contributed by atoms with Crippen LogP contribution in [0.4, 0.5) is 5.82 Å². The summed E-state index contributed by atoms with van der Waals surface area (Å²) in [6.45, 7) is 7.55. The van der Waals surface area contributed by atoms with Gasteiger partial charge >= 0.3 is 0 Å². The van der Waals surface area contributed by atoms with Gasteiger partial charge in [0.1, 0.15) is 17.3 Å². The maximum atomic E-state index is 12.7. The lowest BCUT2D eigenvalue weighted by Gasteiger charge is -2.12. The van der Waals surface area contributed by atoms with Crippen molar-refractivity contribution in [3.63, 3.8) is 0 Å². The summed E-state index contributed by atoms with van der Waals surface area (Å²) >= 11 is 0. The third-order valence-electron chi connectivity index (χ3n) is 6.48. The maximum Gasteiger partial charge on any atom is 0.242 e. The zero-order chi connectivity index (χ0) is 27.7. The van der Waals surface area contributed by atoms with Crippen LogP contribution in [-0.4, -0.2) is 53.3 Å². The van der Waals surface area contributed by atoms with E-state index >= 15 is 0 Å². The highest BCUT2D eigenvalue weighted by Crippen LogP contribution is 2.30. The molecule has 0 unspecified atom stereocenters. The SMILES string of the molecule is CN[C@@H](C)C(=O)Nc1cc(-c2nc(C)nc3nn(C)c(C)c23)cc(C#Cc2ccc(-n3cnc(C)c3)cc2)n1. The number of carbonyl (C=O) groups is 1. The fourth-order valence-electron chi connectivity index (χ4n) is 4.13. The monoisotopic (exact) mass is 519 g/mol. The maximum absolute atomic E-state index is 12.7. The highest BCUT2D eigenvalue weighted by Gasteiger charge is 2.18. The van der Waals surface area contributed by atoms with Gasteiger partial charge in [0, 0.05) is 35.8 Å². The van der Waals surface area contributed by atoms with Crippen LogP contribution in [0.3, 0.4) is 0 Å². The van der Waals surface area contributed by atoms with E-state index in [1.807, 2.05) is 68.9 Å². The van der Waals surface area contributed by atoms with E-state index in [9.17, 15) is 4.79 Å². The standard InChI is InChI=1S/C29H29N9O/c1-17-15-38(16-31-17)24-11-8-21(9-12-24)7-10-23-13-22(14-25(34-23)35-29(39)18(2)30-5)27-26-19(3)37(6)36-28(26)33-20(4)32-27/h8-9,11-16,18,30H,1-6H3,(H,34,35,39)/t18-/m0/s1. The van der Waals surface area contributed by atoms with E-state index in [1.165, 1.54) is 0 Å². The molecule has 10 nitrogen and oxygen atoms in total. The van der Waals surface area contributed by atoms with Crippen molar-refractivity contribution < 1.29 is 4.79 Å². The molecule has 0 spiro atoms. The van der Waals surface area contributed by atoms with Crippen molar-refractivity contribution in [1.29, 1.82) is 0 Å². The van der Waals surface area contributed by atoms with Gasteiger partial charge in [-0.2, -0.15) is 5.10 Å². The predicted molar refractivity (Wildman–Crippen MR) is 150 cm³/mol. The van der Waals surface area contributed by atoms with Crippen molar-refractivity contribution in [3.8, 4) is 28.8 Å². The van der Waals surface area contributed by atoms with Crippen LogP contribution < -0.4 is 10.6 Å². The molecule has 0 aliphatic carbocycles. The molecular formula is C29H29N9O. The Morgan fingerprint density at radius 3 is 2.49 bits per heavy atom. The topological polar surface area (TPSA) is 115 Å². The first-order valence-electron chi connectivity index (χ1n) is 12.5. The summed E-state index contributed by atoms with van der Waals surface area (Å²) in [5, 5.41) is 11.2. The first-order valence-corrected chi connectivity index (χ1v) is 12.5. The minimum Gasteiger partial charge on any atom is -0.309 e.